The molecule has 25 heavy (non-hydrogen) atoms. The van der Waals surface area contributed by atoms with Crippen LogP contribution in [0, 0.1) is 0 Å². The number of aromatic nitrogens is 1. The standard InChI is InChI=1S/C19H23N3O2S/c1-2-13-3-6-15(21-12-13)9-10-24-16-7-4-14(5-8-16)11-17-18(23)22-19(20)25-17/h3-8,12,17,19H,2,9-11,20H2,1H3,(H,22,23)/t17-,19+/m1/s1. The number of carbonyl (C=O) groups excluding carboxylic acids is 1. The SMILES string of the molecule is CCc1ccc(CCOc2ccc(C[C@H]3S[C@@H](N)NC3=O)cc2)nc1. The average Bonchev–Trinajstić information content (AvgIpc) is 2.94. The third kappa shape index (κ3) is 4.96. The fourth-order valence-electron chi connectivity index (χ4n) is 2.67. The van der Waals surface area contributed by atoms with E-state index >= 15 is 0 Å². The molecule has 132 valence electrons. The highest BCUT2D eigenvalue weighted by Crippen LogP contribution is 2.24. The number of carbonyl (C=O) groups is 1. The van der Waals surface area contributed by atoms with Crippen molar-refractivity contribution in [3.63, 3.8) is 0 Å². The van der Waals surface area contributed by atoms with Gasteiger partial charge in [0.25, 0.3) is 0 Å². The summed E-state index contributed by atoms with van der Waals surface area (Å²) in [5.41, 5.74) is 8.81. The average molecular weight is 357 g/mol. The van der Waals surface area contributed by atoms with Crippen molar-refractivity contribution in [3.05, 3.63) is 59.4 Å². The molecule has 2 aromatic rings. The number of thioether (sulfide) groups is 1. The van der Waals surface area contributed by atoms with Crippen LogP contribution in [0.1, 0.15) is 23.7 Å². The number of nitrogens with one attached hydrogen (secondary N) is 1. The Kier molecular flexibility index (Phi) is 5.94. The van der Waals surface area contributed by atoms with Crippen LogP contribution in [-0.2, 0) is 24.1 Å². The molecule has 2 atom stereocenters. The van der Waals surface area contributed by atoms with E-state index in [0.29, 0.717) is 13.0 Å². The van der Waals surface area contributed by atoms with Gasteiger partial charge in [0.2, 0.25) is 5.91 Å². The number of amides is 1. The zero-order valence-electron chi connectivity index (χ0n) is 14.3. The molecular weight excluding hydrogens is 334 g/mol. The Morgan fingerprint density at radius 2 is 1.96 bits per heavy atom. The Balaban J connectivity index is 1.46. The first-order valence-electron chi connectivity index (χ1n) is 8.51. The molecule has 0 bridgehead atoms. The summed E-state index contributed by atoms with van der Waals surface area (Å²) in [5, 5.41) is 2.61. The van der Waals surface area contributed by atoms with Gasteiger partial charge in [0, 0.05) is 18.3 Å². The number of nitrogens with two attached hydrogens (primary N) is 1. The van der Waals surface area contributed by atoms with E-state index in [1.807, 2.05) is 30.5 Å². The van der Waals surface area contributed by atoms with Crippen molar-refractivity contribution < 1.29 is 9.53 Å². The Morgan fingerprint density at radius 1 is 1.20 bits per heavy atom. The summed E-state index contributed by atoms with van der Waals surface area (Å²) in [6.07, 6.45) is 4.39. The summed E-state index contributed by atoms with van der Waals surface area (Å²) >= 11 is 1.47. The largest absolute Gasteiger partial charge is 0.493 e. The highest BCUT2D eigenvalue weighted by molar-refractivity contribution is 8.01. The second-order valence-corrected chi connectivity index (χ2v) is 7.36. The maximum Gasteiger partial charge on any atom is 0.235 e. The van der Waals surface area contributed by atoms with Gasteiger partial charge in [-0.15, -0.1) is 11.8 Å². The van der Waals surface area contributed by atoms with Crippen LogP contribution in [0.3, 0.4) is 0 Å². The number of nitrogens with zero attached hydrogens (tertiary/aromatic N) is 1. The van der Waals surface area contributed by atoms with Crippen molar-refractivity contribution in [2.24, 2.45) is 5.73 Å². The minimum Gasteiger partial charge on any atom is -0.493 e. The zero-order chi connectivity index (χ0) is 17.6. The van der Waals surface area contributed by atoms with E-state index in [1.54, 1.807) is 0 Å². The first-order valence-corrected chi connectivity index (χ1v) is 9.45. The predicted molar refractivity (Wildman–Crippen MR) is 100 cm³/mol. The number of pyridine rings is 1. The molecule has 1 aromatic heterocycles. The van der Waals surface area contributed by atoms with Crippen LogP contribution in [0.4, 0.5) is 0 Å². The highest BCUT2D eigenvalue weighted by atomic mass is 32.2. The Bertz CT molecular complexity index is 704. The lowest BCUT2D eigenvalue weighted by atomic mass is 10.1. The van der Waals surface area contributed by atoms with Crippen LogP contribution in [0.15, 0.2) is 42.6 Å². The summed E-state index contributed by atoms with van der Waals surface area (Å²) in [7, 11) is 0. The molecule has 0 spiro atoms. The highest BCUT2D eigenvalue weighted by Gasteiger charge is 2.30. The zero-order valence-corrected chi connectivity index (χ0v) is 15.1. The van der Waals surface area contributed by atoms with Gasteiger partial charge in [0.1, 0.15) is 11.2 Å². The Morgan fingerprint density at radius 3 is 2.56 bits per heavy atom. The van der Waals surface area contributed by atoms with Crippen LogP contribution in [0.25, 0.3) is 0 Å². The first-order chi connectivity index (χ1) is 12.1. The van der Waals surface area contributed by atoms with Gasteiger partial charge in [-0.2, -0.15) is 0 Å². The van der Waals surface area contributed by atoms with Gasteiger partial charge in [0.05, 0.1) is 11.9 Å². The number of ether oxygens (including phenoxy) is 1. The van der Waals surface area contributed by atoms with Crippen molar-refractivity contribution in [2.75, 3.05) is 6.61 Å². The molecule has 3 rings (SSSR count). The van der Waals surface area contributed by atoms with E-state index in [1.165, 1.54) is 17.3 Å². The van der Waals surface area contributed by atoms with E-state index in [0.717, 1.165) is 29.8 Å². The summed E-state index contributed by atoms with van der Waals surface area (Å²) in [6, 6.07) is 12.1. The second kappa shape index (κ2) is 8.36. The molecule has 0 unspecified atom stereocenters. The van der Waals surface area contributed by atoms with Crippen LogP contribution in [-0.4, -0.2) is 28.2 Å². The maximum absolute atomic E-state index is 11.7. The molecule has 1 aliphatic heterocycles. The summed E-state index contributed by atoms with van der Waals surface area (Å²) in [6.45, 7) is 2.71. The molecule has 1 aliphatic rings. The molecule has 2 heterocycles. The van der Waals surface area contributed by atoms with Crippen LogP contribution in [0.5, 0.6) is 5.75 Å². The van der Waals surface area contributed by atoms with E-state index in [9.17, 15) is 4.79 Å². The molecule has 5 nitrogen and oxygen atoms in total. The van der Waals surface area contributed by atoms with Gasteiger partial charge in [-0.25, -0.2) is 0 Å². The number of benzene rings is 1. The molecule has 0 radical (unpaired) electrons. The number of rotatable bonds is 7. The second-order valence-electron chi connectivity index (χ2n) is 6.01. The van der Waals surface area contributed by atoms with Gasteiger partial charge in [0.15, 0.2) is 0 Å². The van der Waals surface area contributed by atoms with Crippen molar-refractivity contribution in [3.8, 4) is 5.75 Å². The molecule has 1 amide bonds. The number of hydrogen-bond donors (Lipinski definition) is 2. The van der Waals surface area contributed by atoms with Crippen molar-refractivity contribution in [2.45, 2.75) is 36.9 Å². The minimum absolute atomic E-state index is 0.0134. The molecule has 0 aliphatic carbocycles. The molecule has 1 saturated heterocycles. The van der Waals surface area contributed by atoms with E-state index in [-0.39, 0.29) is 16.7 Å². The monoisotopic (exact) mass is 357 g/mol. The first kappa shape index (κ1) is 17.8. The lowest BCUT2D eigenvalue weighted by Crippen LogP contribution is -2.33. The molecule has 1 aromatic carbocycles. The number of aryl methyl sites for hydroxylation is 1. The normalized spacial score (nSPS) is 19.7. The van der Waals surface area contributed by atoms with Gasteiger partial charge < -0.3 is 15.8 Å². The summed E-state index contributed by atoms with van der Waals surface area (Å²) < 4.78 is 5.79. The fourth-order valence-corrected chi connectivity index (χ4v) is 3.69. The van der Waals surface area contributed by atoms with E-state index in [2.05, 4.69) is 29.4 Å². The predicted octanol–water partition coefficient (Wildman–Crippen LogP) is 2.28. The van der Waals surface area contributed by atoms with Crippen LogP contribution >= 0.6 is 11.8 Å². The Labute approximate surface area is 152 Å². The van der Waals surface area contributed by atoms with Crippen molar-refractivity contribution in [1.82, 2.24) is 10.3 Å². The van der Waals surface area contributed by atoms with Crippen molar-refractivity contribution >= 4 is 17.7 Å². The fraction of sp³-hybridized carbons (Fsp3) is 0.368. The number of hydrogen-bond acceptors (Lipinski definition) is 5. The summed E-state index contributed by atoms with van der Waals surface area (Å²) in [4.78, 5) is 16.2. The van der Waals surface area contributed by atoms with E-state index in [4.69, 9.17) is 10.5 Å². The quantitative estimate of drug-likeness (QED) is 0.795. The molecule has 1 fully saturated rings. The molecule has 0 saturated carbocycles. The molecule has 3 N–H and O–H groups in total. The lowest BCUT2D eigenvalue weighted by Gasteiger charge is -2.09. The maximum atomic E-state index is 11.7. The van der Waals surface area contributed by atoms with Crippen molar-refractivity contribution in [1.29, 1.82) is 0 Å². The third-order valence-electron chi connectivity index (χ3n) is 4.15. The lowest BCUT2D eigenvalue weighted by molar-refractivity contribution is -0.120. The van der Waals surface area contributed by atoms with Crippen LogP contribution in [0.2, 0.25) is 0 Å². The summed E-state index contributed by atoms with van der Waals surface area (Å²) in [5.74, 6) is 0.841. The smallest absolute Gasteiger partial charge is 0.235 e. The van der Waals surface area contributed by atoms with Gasteiger partial charge >= 0.3 is 0 Å². The molecular formula is C19H23N3O2S. The topological polar surface area (TPSA) is 77.2 Å². The van der Waals surface area contributed by atoms with Gasteiger partial charge in [-0.3, -0.25) is 9.78 Å². The molecule has 6 heteroatoms. The van der Waals surface area contributed by atoms with Crippen LogP contribution < -0.4 is 15.8 Å². The van der Waals surface area contributed by atoms with Gasteiger partial charge in [-0.05, 0) is 42.2 Å². The van der Waals surface area contributed by atoms with Gasteiger partial charge in [-0.1, -0.05) is 25.1 Å². The third-order valence-corrected chi connectivity index (χ3v) is 5.27. The van der Waals surface area contributed by atoms with E-state index < -0.39 is 0 Å². The minimum atomic E-state index is -0.292. The Hall–Kier alpha value is -2.05.